The van der Waals surface area contributed by atoms with Crippen molar-refractivity contribution >= 4 is 17.5 Å². The van der Waals surface area contributed by atoms with Crippen molar-refractivity contribution in [2.75, 3.05) is 4.90 Å². The van der Waals surface area contributed by atoms with Crippen LogP contribution in [-0.4, -0.2) is 16.4 Å². The maximum atomic E-state index is 12.7. The second kappa shape index (κ2) is 4.60. The Bertz CT molecular complexity index is 811. The molecule has 1 aliphatic heterocycles. The summed E-state index contributed by atoms with van der Waals surface area (Å²) in [5, 5.41) is 9.17. The molecule has 2 aromatic rings. The maximum Gasteiger partial charge on any atom is 0.267 e. The Labute approximate surface area is 122 Å². The summed E-state index contributed by atoms with van der Waals surface area (Å²) in [7, 11) is 1.82. The minimum Gasteiger partial charge on any atom is -0.353 e. The zero-order chi connectivity index (χ0) is 15.1. The molecule has 5 heteroatoms. The second-order valence-electron chi connectivity index (χ2n) is 5.08. The molecule has 2 heterocycles. The fourth-order valence-electron chi connectivity index (χ4n) is 2.80. The zero-order valence-electron chi connectivity index (χ0n) is 11.8. The molecule has 0 spiro atoms. The number of carbonyl (C=O) groups is 2. The molecular weight excluding hydrogens is 266 g/mol. The van der Waals surface area contributed by atoms with Crippen molar-refractivity contribution in [3.05, 3.63) is 52.8 Å². The van der Waals surface area contributed by atoms with E-state index in [1.54, 1.807) is 24.3 Å². The number of aromatic nitrogens is 1. The Morgan fingerprint density at radius 3 is 2.67 bits per heavy atom. The van der Waals surface area contributed by atoms with E-state index >= 15 is 0 Å². The van der Waals surface area contributed by atoms with Gasteiger partial charge in [0.05, 0.1) is 23.2 Å². The number of hydrogen-bond donors (Lipinski definition) is 0. The molecule has 0 bridgehead atoms. The number of benzene rings is 1. The van der Waals surface area contributed by atoms with Gasteiger partial charge in [-0.15, -0.1) is 0 Å². The minimum absolute atomic E-state index is 0.158. The first-order chi connectivity index (χ1) is 10.0. The highest BCUT2D eigenvalue weighted by Crippen LogP contribution is 2.30. The molecule has 1 aromatic carbocycles. The summed E-state index contributed by atoms with van der Waals surface area (Å²) >= 11 is 0. The van der Waals surface area contributed by atoms with Crippen LogP contribution >= 0.6 is 0 Å². The highest BCUT2D eigenvalue weighted by molar-refractivity contribution is 6.25. The molecule has 0 radical (unpaired) electrons. The van der Waals surface area contributed by atoms with Gasteiger partial charge in [0.15, 0.2) is 0 Å². The molecule has 1 aromatic heterocycles. The number of rotatable bonds is 1. The highest BCUT2D eigenvalue weighted by Gasteiger charge is 2.36. The van der Waals surface area contributed by atoms with E-state index < -0.39 is 0 Å². The van der Waals surface area contributed by atoms with Gasteiger partial charge in [0, 0.05) is 18.9 Å². The topological polar surface area (TPSA) is 66.1 Å². The lowest BCUT2D eigenvalue weighted by molar-refractivity contribution is -0.117. The summed E-state index contributed by atoms with van der Waals surface area (Å²) in [6, 6.07) is 8.67. The number of carbonyl (C=O) groups excluding carboxylic acids is 2. The smallest absolute Gasteiger partial charge is 0.267 e. The molecule has 0 fully saturated rings. The van der Waals surface area contributed by atoms with Crippen LogP contribution in [0.2, 0.25) is 0 Å². The van der Waals surface area contributed by atoms with E-state index in [9.17, 15) is 14.9 Å². The molecule has 0 aliphatic carbocycles. The SMILES string of the molecule is Cc1cn(C)c2c1C(=O)N(c1ccccc1C#N)C(=O)C2. The molecule has 21 heavy (non-hydrogen) atoms. The predicted molar refractivity (Wildman–Crippen MR) is 76.8 cm³/mol. The van der Waals surface area contributed by atoms with Gasteiger partial charge in [-0.25, -0.2) is 4.90 Å². The summed E-state index contributed by atoms with van der Waals surface area (Å²) < 4.78 is 1.81. The van der Waals surface area contributed by atoms with Crippen LogP contribution in [0.4, 0.5) is 5.69 Å². The average Bonchev–Trinajstić information content (AvgIpc) is 2.74. The Morgan fingerprint density at radius 2 is 1.95 bits per heavy atom. The largest absolute Gasteiger partial charge is 0.353 e. The lowest BCUT2D eigenvalue weighted by atomic mass is 10.0. The predicted octanol–water partition coefficient (Wildman–Crippen LogP) is 1.93. The number of anilines is 1. The second-order valence-corrected chi connectivity index (χ2v) is 5.08. The molecule has 0 atom stereocenters. The average molecular weight is 279 g/mol. The van der Waals surface area contributed by atoms with Crippen LogP contribution in [0.1, 0.15) is 27.2 Å². The van der Waals surface area contributed by atoms with Gasteiger partial charge in [-0.3, -0.25) is 9.59 Å². The highest BCUT2D eigenvalue weighted by atomic mass is 16.2. The molecule has 5 nitrogen and oxygen atoms in total. The van der Waals surface area contributed by atoms with Crippen molar-refractivity contribution in [2.24, 2.45) is 7.05 Å². The van der Waals surface area contributed by atoms with Crippen LogP contribution in [-0.2, 0) is 18.3 Å². The first-order valence-electron chi connectivity index (χ1n) is 6.55. The van der Waals surface area contributed by atoms with Crippen LogP contribution in [0.25, 0.3) is 0 Å². The van der Waals surface area contributed by atoms with Gasteiger partial charge >= 0.3 is 0 Å². The van der Waals surface area contributed by atoms with E-state index in [0.29, 0.717) is 16.8 Å². The van der Waals surface area contributed by atoms with Crippen LogP contribution in [0, 0.1) is 18.3 Å². The van der Waals surface area contributed by atoms with E-state index in [1.807, 2.05) is 30.8 Å². The molecule has 0 saturated heterocycles. The summed E-state index contributed by atoms with van der Waals surface area (Å²) in [6.07, 6.45) is 2.00. The Kier molecular flexibility index (Phi) is 2.88. The zero-order valence-corrected chi connectivity index (χ0v) is 11.8. The first kappa shape index (κ1) is 13.1. The lowest BCUT2D eigenvalue weighted by Crippen LogP contribution is -2.43. The van der Waals surface area contributed by atoms with Crippen molar-refractivity contribution in [1.82, 2.24) is 4.57 Å². The number of nitriles is 1. The van der Waals surface area contributed by atoms with Crippen molar-refractivity contribution in [3.63, 3.8) is 0 Å². The third kappa shape index (κ3) is 1.84. The minimum atomic E-state index is -0.359. The van der Waals surface area contributed by atoms with Crippen molar-refractivity contribution in [1.29, 1.82) is 5.26 Å². The molecular formula is C16H13N3O2. The van der Waals surface area contributed by atoms with Crippen LogP contribution in [0.5, 0.6) is 0 Å². The summed E-state index contributed by atoms with van der Waals surface area (Å²) in [5.74, 6) is -0.668. The quantitative estimate of drug-likeness (QED) is 0.749. The van der Waals surface area contributed by atoms with Gasteiger partial charge in [-0.05, 0) is 24.6 Å². The third-order valence-electron chi connectivity index (χ3n) is 3.75. The standard InChI is InChI=1S/C16H13N3O2/c1-10-9-18(2)13-7-14(20)19(16(21)15(10)13)12-6-4-3-5-11(12)8-17/h3-6,9H,7H2,1-2H3. The molecule has 0 unspecified atom stereocenters. The molecule has 3 rings (SSSR count). The summed E-state index contributed by atoms with van der Waals surface area (Å²) in [6.45, 7) is 1.85. The number of para-hydroxylation sites is 1. The molecule has 0 N–H and O–H groups in total. The lowest BCUT2D eigenvalue weighted by Gasteiger charge is -2.26. The van der Waals surface area contributed by atoms with E-state index in [4.69, 9.17) is 0 Å². The van der Waals surface area contributed by atoms with Crippen molar-refractivity contribution in [3.8, 4) is 6.07 Å². The monoisotopic (exact) mass is 279 g/mol. The number of hydrogen-bond acceptors (Lipinski definition) is 3. The van der Waals surface area contributed by atoms with E-state index in [1.165, 1.54) is 0 Å². The third-order valence-corrected chi connectivity index (χ3v) is 3.75. The normalized spacial score (nSPS) is 14.0. The van der Waals surface area contributed by atoms with E-state index in [0.717, 1.165) is 16.2 Å². The van der Waals surface area contributed by atoms with Gasteiger partial charge < -0.3 is 4.57 Å². The molecule has 104 valence electrons. The van der Waals surface area contributed by atoms with E-state index in [-0.39, 0.29) is 18.2 Å². The Morgan fingerprint density at radius 1 is 1.24 bits per heavy atom. The Hall–Kier alpha value is -2.87. The van der Waals surface area contributed by atoms with Gasteiger partial charge in [0.2, 0.25) is 5.91 Å². The number of imide groups is 1. The van der Waals surface area contributed by atoms with Gasteiger partial charge in [0.1, 0.15) is 6.07 Å². The van der Waals surface area contributed by atoms with Crippen LogP contribution in [0.3, 0.4) is 0 Å². The Balaban J connectivity index is 2.18. The number of nitrogens with zero attached hydrogens (tertiary/aromatic N) is 3. The van der Waals surface area contributed by atoms with Crippen LogP contribution in [0.15, 0.2) is 30.5 Å². The molecule has 2 amide bonds. The first-order valence-corrected chi connectivity index (χ1v) is 6.55. The fourth-order valence-corrected chi connectivity index (χ4v) is 2.80. The summed E-state index contributed by atoms with van der Waals surface area (Å²) in [5.41, 5.74) is 2.79. The van der Waals surface area contributed by atoms with Crippen LogP contribution < -0.4 is 4.90 Å². The number of fused-ring (bicyclic) bond motifs is 1. The maximum absolute atomic E-state index is 12.7. The van der Waals surface area contributed by atoms with Crippen molar-refractivity contribution in [2.45, 2.75) is 13.3 Å². The molecule has 0 saturated carbocycles. The van der Waals surface area contributed by atoms with Gasteiger partial charge in [0.25, 0.3) is 5.91 Å². The number of amides is 2. The fraction of sp³-hybridized carbons (Fsp3) is 0.188. The molecule has 1 aliphatic rings. The number of aryl methyl sites for hydroxylation is 2. The van der Waals surface area contributed by atoms with Gasteiger partial charge in [-0.1, -0.05) is 12.1 Å². The summed E-state index contributed by atoms with van der Waals surface area (Å²) in [4.78, 5) is 26.2. The van der Waals surface area contributed by atoms with E-state index in [2.05, 4.69) is 0 Å². The van der Waals surface area contributed by atoms with Gasteiger partial charge in [-0.2, -0.15) is 5.26 Å². The van der Waals surface area contributed by atoms with Crippen molar-refractivity contribution < 1.29 is 9.59 Å².